The molecule has 14 heavy (non-hydrogen) atoms. The Morgan fingerprint density at radius 3 is 2.43 bits per heavy atom. The zero-order valence-electron chi connectivity index (χ0n) is 7.95. The van der Waals surface area contributed by atoms with Crippen LogP contribution in [-0.2, 0) is 11.2 Å². The van der Waals surface area contributed by atoms with Gasteiger partial charge in [-0.25, -0.2) is 0 Å². The number of carboxylic acids is 1. The summed E-state index contributed by atoms with van der Waals surface area (Å²) < 4.78 is 0. The molecule has 0 aliphatic carbocycles. The summed E-state index contributed by atoms with van der Waals surface area (Å²) in [6, 6.07) is 7.69. The zero-order valence-corrected chi connectivity index (χ0v) is 7.95. The quantitative estimate of drug-likeness (QED) is 0.802. The molecule has 1 aromatic rings. The molecule has 0 fully saturated rings. The Balaban J connectivity index is 0.00000169. The molecule has 0 aliphatic heterocycles. The van der Waals surface area contributed by atoms with Gasteiger partial charge in [-0.15, -0.1) is 0 Å². The van der Waals surface area contributed by atoms with Crippen LogP contribution in [-0.4, -0.2) is 11.1 Å². The maximum atomic E-state index is 10.5. The summed E-state index contributed by atoms with van der Waals surface area (Å²) in [7, 11) is 0. The van der Waals surface area contributed by atoms with Crippen LogP contribution in [0.3, 0.4) is 0 Å². The first-order chi connectivity index (χ1) is 6.11. The van der Waals surface area contributed by atoms with Crippen LogP contribution in [0.25, 0.3) is 0 Å². The largest absolute Gasteiger partial charge is 0.481 e. The van der Waals surface area contributed by atoms with Gasteiger partial charge in [0.1, 0.15) is 0 Å². The Morgan fingerprint density at radius 2 is 1.93 bits per heavy atom. The van der Waals surface area contributed by atoms with Crippen molar-refractivity contribution in [1.82, 2.24) is 0 Å². The molecule has 1 aromatic carbocycles. The van der Waals surface area contributed by atoms with Crippen LogP contribution in [0.1, 0.15) is 38.3 Å². The van der Waals surface area contributed by atoms with Crippen molar-refractivity contribution in [3.63, 3.8) is 0 Å². The molecule has 0 saturated heterocycles. The van der Waals surface area contributed by atoms with Crippen LogP contribution in [0.2, 0.25) is 0 Å². The third kappa shape index (κ3) is 3.21. The van der Waals surface area contributed by atoms with Crippen molar-refractivity contribution in [3.8, 4) is 0 Å². The standard InChI is InChI=1S/C11H14O2.CH4/c1-8(2)10-6-4-3-5-9(10)7-11(12)13;/h3-6,8H,7H2,1-2H3,(H,12,13);1H4. The van der Waals surface area contributed by atoms with E-state index in [4.69, 9.17) is 5.11 Å². The minimum absolute atomic E-state index is 0. The van der Waals surface area contributed by atoms with Crippen molar-refractivity contribution in [2.24, 2.45) is 0 Å². The normalized spacial score (nSPS) is 9.64. The number of hydrogen-bond donors (Lipinski definition) is 1. The van der Waals surface area contributed by atoms with Crippen molar-refractivity contribution >= 4 is 5.97 Å². The van der Waals surface area contributed by atoms with Gasteiger partial charge in [-0.05, 0) is 17.0 Å². The Morgan fingerprint density at radius 1 is 1.36 bits per heavy atom. The molecule has 0 unspecified atom stereocenters. The van der Waals surface area contributed by atoms with Gasteiger partial charge >= 0.3 is 5.97 Å². The molecule has 0 bridgehead atoms. The van der Waals surface area contributed by atoms with Crippen molar-refractivity contribution in [2.45, 2.75) is 33.6 Å². The first-order valence-electron chi connectivity index (χ1n) is 4.41. The molecule has 0 atom stereocenters. The minimum Gasteiger partial charge on any atom is -0.481 e. The second-order valence-electron chi connectivity index (χ2n) is 3.42. The Labute approximate surface area is 85.6 Å². The molecule has 0 saturated carbocycles. The number of benzene rings is 1. The molecule has 1 N–H and O–H groups in total. The lowest BCUT2D eigenvalue weighted by Crippen LogP contribution is -2.04. The molecule has 2 heteroatoms. The van der Waals surface area contributed by atoms with E-state index >= 15 is 0 Å². The van der Waals surface area contributed by atoms with E-state index < -0.39 is 5.97 Å². The van der Waals surface area contributed by atoms with Crippen LogP contribution < -0.4 is 0 Å². The van der Waals surface area contributed by atoms with Gasteiger partial charge in [-0.1, -0.05) is 45.5 Å². The number of hydrogen-bond acceptors (Lipinski definition) is 1. The van der Waals surface area contributed by atoms with Crippen LogP contribution in [0, 0.1) is 0 Å². The zero-order chi connectivity index (χ0) is 9.84. The highest BCUT2D eigenvalue weighted by Gasteiger charge is 2.08. The average molecular weight is 194 g/mol. The third-order valence-corrected chi connectivity index (χ3v) is 2.02. The van der Waals surface area contributed by atoms with Gasteiger partial charge in [0, 0.05) is 0 Å². The highest BCUT2D eigenvalue weighted by atomic mass is 16.4. The Kier molecular flexibility index (Phi) is 4.92. The second kappa shape index (κ2) is 5.43. The molecule has 0 heterocycles. The Hall–Kier alpha value is -1.31. The molecule has 0 aromatic heterocycles. The van der Waals surface area contributed by atoms with Gasteiger partial charge in [0.05, 0.1) is 6.42 Å². The topological polar surface area (TPSA) is 37.3 Å². The molecule has 2 nitrogen and oxygen atoms in total. The van der Waals surface area contributed by atoms with E-state index in [1.807, 2.05) is 24.3 Å². The molecule has 0 radical (unpaired) electrons. The van der Waals surface area contributed by atoms with Crippen molar-refractivity contribution in [3.05, 3.63) is 35.4 Å². The van der Waals surface area contributed by atoms with E-state index in [9.17, 15) is 4.79 Å². The lowest BCUT2D eigenvalue weighted by Gasteiger charge is -2.10. The van der Waals surface area contributed by atoms with Crippen molar-refractivity contribution in [2.75, 3.05) is 0 Å². The number of carboxylic acid groups (broad SMARTS) is 1. The number of aliphatic carboxylic acids is 1. The van der Waals surface area contributed by atoms with E-state index in [1.165, 1.54) is 0 Å². The van der Waals surface area contributed by atoms with E-state index in [0.29, 0.717) is 5.92 Å². The first-order valence-corrected chi connectivity index (χ1v) is 4.41. The highest BCUT2D eigenvalue weighted by molar-refractivity contribution is 5.70. The molecular formula is C12H18O2. The Bertz CT molecular complexity index is 303. The smallest absolute Gasteiger partial charge is 0.307 e. The fourth-order valence-corrected chi connectivity index (χ4v) is 1.42. The van der Waals surface area contributed by atoms with Crippen LogP contribution in [0.15, 0.2) is 24.3 Å². The fourth-order valence-electron chi connectivity index (χ4n) is 1.42. The summed E-state index contributed by atoms with van der Waals surface area (Å²) in [5, 5.41) is 8.67. The summed E-state index contributed by atoms with van der Waals surface area (Å²) in [5.74, 6) is -0.386. The predicted octanol–water partition coefficient (Wildman–Crippen LogP) is 3.07. The summed E-state index contributed by atoms with van der Waals surface area (Å²) in [5.41, 5.74) is 2.05. The van der Waals surface area contributed by atoms with Gasteiger partial charge in [-0.3, -0.25) is 4.79 Å². The molecule has 0 aliphatic rings. The SMILES string of the molecule is C.CC(C)c1ccccc1CC(=O)O. The minimum atomic E-state index is -0.770. The van der Waals surface area contributed by atoms with Crippen LogP contribution >= 0.6 is 0 Å². The molecular weight excluding hydrogens is 176 g/mol. The monoisotopic (exact) mass is 194 g/mol. The van der Waals surface area contributed by atoms with E-state index in [1.54, 1.807) is 0 Å². The average Bonchev–Trinajstić information content (AvgIpc) is 2.03. The molecule has 1 rings (SSSR count). The van der Waals surface area contributed by atoms with Crippen LogP contribution in [0.4, 0.5) is 0 Å². The molecule has 0 amide bonds. The highest BCUT2D eigenvalue weighted by Crippen LogP contribution is 2.19. The lowest BCUT2D eigenvalue weighted by molar-refractivity contribution is -0.136. The third-order valence-electron chi connectivity index (χ3n) is 2.02. The van der Waals surface area contributed by atoms with Gasteiger partial charge in [0.25, 0.3) is 0 Å². The number of carbonyl (C=O) groups is 1. The van der Waals surface area contributed by atoms with Gasteiger partial charge in [0.15, 0.2) is 0 Å². The number of rotatable bonds is 3. The second-order valence-corrected chi connectivity index (χ2v) is 3.42. The van der Waals surface area contributed by atoms with E-state index in [2.05, 4.69) is 13.8 Å². The van der Waals surface area contributed by atoms with Crippen LogP contribution in [0.5, 0.6) is 0 Å². The lowest BCUT2D eigenvalue weighted by atomic mass is 9.95. The van der Waals surface area contributed by atoms with Gasteiger partial charge in [-0.2, -0.15) is 0 Å². The maximum Gasteiger partial charge on any atom is 0.307 e. The van der Waals surface area contributed by atoms with Gasteiger partial charge in [0.2, 0.25) is 0 Å². The summed E-state index contributed by atoms with van der Waals surface area (Å²) in [4.78, 5) is 10.5. The molecule has 0 spiro atoms. The van der Waals surface area contributed by atoms with Crippen molar-refractivity contribution < 1.29 is 9.90 Å². The molecule has 78 valence electrons. The predicted molar refractivity (Wildman–Crippen MR) is 58.6 cm³/mol. The van der Waals surface area contributed by atoms with E-state index in [-0.39, 0.29) is 13.8 Å². The summed E-state index contributed by atoms with van der Waals surface area (Å²) in [6.07, 6.45) is 0.119. The maximum absolute atomic E-state index is 10.5. The van der Waals surface area contributed by atoms with Crippen molar-refractivity contribution in [1.29, 1.82) is 0 Å². The first kappa shape index (κ1) is 12.7. The fraction of sp³-hybridized carbons (Fsp3) is 0.417. The summed E-state index contributed by atoms with van der Waals surface area (Å²) in [6.45, 7) is 4.14. The van der Waals surface area contributed by atoms with E-state index in [0.717, 1.165) is 11.1 Å². The summed E-state index contributed by atoms with van der Waals surface area (Å²) >= 11 is 0. The van der Waals surface area contributed by atoms with Gasteiger partial charge < -0.3 is 5.11 Å².